The summed E-state index contributed by atoms with van der Waals surface area (Å²) in [6.45, 7) is 1.61. The molecule has 4 rings (SSSR count). The highest BCUT2D eigenvalue weighted by Crippen LogP contribution is 2.32. The Kier molecular flexibility index (Phi) is 5.23. The van der Waals surface area contributed by atoms with Gasteiger partial charge in [-0.2, -0.15) is 4.31 Å². The van der Waals surface area contributed by atoms with Gasteiger partial charge in [0.25, 0.3) is 5.91 Å². The minimum Gasteiger partial charge on any atom is -0.454 e. The molecule has 2 heterocycles. The second-order valence-corrected chi connectivity index (χ2v) is 8.88. The molecule has 28 heavy (non-hydrogen) atoms. The van der Waals surface area contributed by atoms with Crippen LogP contribution in [0.2, 0.25) is 0 Å². The van der Waals surface area contributed by atoms with Gasteiger partial charge in [-0.15, -0.1) is 0 Å². The lowest BCUT2D eigenvalue weighted by molar-refractivity contribution is 0.0941. The molecule has 0 unspecified atom stereocenters. The van der Waals surface area contributed by atoms with Gasteiger partial charge in [-0.1, -0.05) is 18.2 Å². The van der Waals surface area contributed by atoms with Crippen molar-refractivity contribution in [1.82, 2.24) is 9.62 Å². The molecule has 0 radical (unpaired) electrons. The largest absolute Gasteiger partial charge is 0.454 e. The van der Waals surface area contributed by atoms with Crippen LogP contribution in [0.4, 0.5) is 0 Å². The molecule has 0 aromatic heterocycles. The van der Waals surface area contributed by atoms with Gasteiger partial charge in [0.2, 0.25) is 16.8 Å². The maximum atomic E-state index is 12.7. The second-order valence-electron chi connectivity index (χ2n) is 6.94. The minimum absolute atomic E-state index is 0.169. The van der Waals surface area contributed by atoms with E-state index in [1.165, 1.54) is 4.31 Å². The van der Waals surface area contributed by atoms with Crippen LogP contribution in [0.1, 0.15) is 23.2 Å². The fraction of sp³-hybridized carbons (Fsp3) is 0.350. The number of ether oxygens (including phenoxy) is 2. The summed E-state index contributed by atoms with van der Waals surface area (Å²) in [5, 5.41) is 2.94. The Bertz CT molecular complexity index is 954. The molecule has 0 aliphatic carbocycles. The van der Waals surface area contributed by atoms with Crippen LogP contribution in [0.5, 0.6) is 11.5 Å². The molecule has 1 fully saturated rings. The Morgan fingerprint density at radius 2 is 1.75 bits per heavy atom. The molecule has 1 N–H and O–H groups in total. The van der Waals surface area contributed by atoms with Gasteiger partial charge in [0, 0.05) is 25.2 Å². The lowest BCUT2D eigenvalue weighted by Crippen LogP contribution is -2.41. The number of hydrogen-bond acceptors (Lipinski definition) is 5. The Labute approximate surface area is 164 Å². The van der Waals surface area contributed by atoms with Crippen LogP contribution >= 0.6 is 0 Å². The topological polar surface area (TPSA) is 84.9 Å². The van der Waals surface area contributed by atoms with E-state index in [2.05, 4.69) is 5.32 Å². The number of rotatable bonds is 5. The molecular weight excluding hydrogens is 380 g/mol. The molecule has 0 saturated carbocycles. The third-order valence-corrected chi connectivity index (χ3v) is 7.05. The van der Waals surface area contributed by atoms with E-state index in [4.69, 9.17) is 9.47 Å². The molecule has 0 bridgehead atoms. The van der Waals surface area contributed by atoms with Crippen molar-refractivity contribution >= 4 is 15.9 Å². The molecular formula is C20H22N2O5S. The quantitative estimate of drug-likeness (QED) is 0.829. The first-order chi connectivity index (χ1) is 13.5. The number of fused-ring (bicyclic) bond motifs is 1. The van der Waals surface area contributed by atoms with Crippen LogP contribution in [0.25, 0.3) is 0 Å². The van der Waals surface area contributed by atoms with Crippen LogP contribution in [-0.2, 0) is 10.0 Å². The molecule has 8 heteroatoms. The number of nitrogens with one attached hydrogen (secondary N) is 1. The van der Waals surface area contributed by atoms with E-state index in [9.17, 15) is 13.2 Å². The van der Waals surface area contributed by atoms with E-state index in [1.807, 2.05) is 0 Å². The summed E-state index contributed by atoms with van der Waals surface area (Å²) in [7, 11) is -3.45. The minimum atomic E-state index is -3.45. The van der Waals surface area contributed by atoms with Crippen molar-refractivity contribution in [2.75, 3.05) is 26.4 Å². The van der Waals surface area contributed by atoms with Crippen LogP contribution < -0.4 is 14.8 Å². The van der Waals surface area contributed by atoms with Gasteiger partial charge in [-0.05, 0) is 49.1 Å². The summed E-state index contributed by atoms with van der Waals surface area (Å²) in [6.07, 6.45) is 1.43. The predicted molar refractivity (Wildman–Crippen MR) is 103 cm³/mol. The average Bonchev–Trinajstić information content (AvgIpc) is 3.21. The van der Waals surface area contributed by atoms with Gasteiger partial charge in [0.15, 0.2) is 11.5 Å². The lowest BCUT2D eigenvalue weighted by atomic mass is 9.98. The van der Waals surface area contributed by atoms with Crippen molar-refractivity contribution in [2.24, 2.45) is 5.92 Å². The molecule has 0 atom stereocenters. The zero-order chi connectivity index (χ0) is 19.6. The second kappa shape index (κ2) is 7.81. The monoisotopic (exact) mass is 402 g/mol. The van der Waals surface area contributed by atoms with Crippen LogP contribution in [0.3, 0.4) is 0 Å². The lowest BCUT2D eigenvalue weighted by Gasteiger charge is -2.31. The maximum Gasteiger partial charge on any atom is 0.251 e. The Balaban J connectivity index is 1.29. The SMILES string of the molecule is O=C(NCC1CCN(S(=O)(=O)c2ccccc2)CC1)c1ccc2c(c1)OCO2. The molecule has 2 aliphatic heterocycles. The number of carbonyl (C=O) groups excluding carboxylic acids is 1. The molecule has 148 valence electrons. The Morgan fingerprint density at radius 1 is 1.04 bits per heavy atom. The predicted octanol–water partition coefficient (Wildman–Crippen LogP) is 2.25. The summed E-state index contributed by atoms with van der Waals surface area (Å²) in [5.41, 5.74) is 0.522. The van der Waals surface area contributed by atoms with Crippen molar-refractivity contribution in [3.8, 4) is 11.5 Å². The smallest absolute Gasteiger partial charge is 0.251 e. The number of sulfonamides is 1. The fourth-order valence-electron chi connectivity index (χ4n) is 3.47. The summed E-state index contributed by atoms with van der Waals surface area (Å²) in [6, 6.07) is 13.6. The number of piperidine rings is 1. The normalized spacial score (nSPS) is 17.4. The third kappa shape index (κ3) is 3.83. The summed E-state index contributed by atoms with van der Waals surface area (Å²) in [5.74, 6) is 1.30. The first-order valence-corrected chi connectivity index (χ1v) is 10.7. The Hall–Kier alpha value is -2.58. The van der Waals surface area contributed by atoms with E-state index in [0.717, 1.165) is 0 Å². The van der Waals surface area contributed by atoms with Crippen molar-refractivity contribution in [1.29, 1.82) is 0 Å². The molecule has 2 aromatic carbocycles. The number of benzene rings is 2. The van der Waals surface area contributed by atoms with Crippen molar-refractivity contribution in [2.45, 2.75) is 17.7 Å². The molecule has 1 saturated heterocycles. The number of amides is 1. The molecule has 1 amide bonds. The number of carbonyl (C=O) groups is 1. The summed E-state index contributed by atoms with van der Waals surface area (Å²) < 4.78 is 37.4. The average molecular weight is 402 g/mol. The molecule has 2 aliphatic rings. The third-order valence-electron chi connectivity index (χ3n) is 5.14. The zero-order valence-corrected chi connectivity index (χ0v) is 16.2. The molecule has 2 aromatic rings. The highest BCUT2D eigenvalue weighted by Gasteiger charge is 2.29. The number of nitrogens with zero attached hydrogens (tertiary/aromatic N) is 1. The van der Waals surface area contributed by atoms with E-state index in [1.54, 1.807) is 48.5 Å². The fourth-order valence-corrected chi connectivity index (χ4v) is 4.96. The van der Waals surface area contributed by atoms with Crippen LogP contribution in [0, 0.1) is 5.92 Å². The van der Waals surface area contributed by atoms with E-state index in [-0.39, 0.29) is 18.6 Å². The van der Waals surface area contributed by atoms with Crippen molar-refractivity contribution in [3.05, 3.63) is 54.1 Å². The van der Waals surface area contributed by atoms with Gasteiger partial charge >= 0.3 is 0 Å². The first-order valence-electron chi connectivity index (χ1n) is 9.27. The van der Waals surface area contributed by atoms with Crippen molar-refractivity contribution < 1.29 is 22.7 Å². The number of hydrogen-bond donors (Lipinski definition) is 1. The van der Waals surface area contributed by atoms with Crippen LogP contribution in [-0.4, -0.2) is 45.1 Å². The molecule has 0 spiro atoms. The van der Waals surface area contributed by atoms with Gasteiger partial charge in [-0.25, -0.2) is 8.42 Å². The maximum absolute atomic E-state index is 12.7. The van der Waals surface area contributed by atoms with E-state index in [0.29, 0.717) is 54.4 Å². The standard InChI is InChI=1S/C20H22N2O5S/c23-20(16-6-7-18-19(12-16)27-14-26-18)21-13-15-8-10-22(11-9-15)28(24,25)17-4-2-1-3-5-17/h1-7,12,15H,8-11,13-14H2,(H,21,23). The highest BCUT2D eigenvalue weighted by atomic mass is 32.2. The Morgan fingerprint density at radius 3 is 2.50 bits per heavy atom. The van der Waals surface area contributed by atoms with Gasteiger partial charge in [0.05, 0.1) is 4.90 Å². The highest BCUT2D eigenvalue weighted by molar-refractivity contribution is 7.89. The van der Waals surface area contributed by atoms with E-state index < -0.39 is 10.0 Å². The summed E-state index contributed by atoms with van der Waals surface area (Å²) in [4.78, 5) is 12.7. The van der Waals surface area contributed by atoms with Crippen LogP contribution in [0.15, 0.2) is 53.4 Å². The summed E-state index contributed by atoms with van der Waals surface area (Å²) >= 11 is 0. The van der Waals surface area contributed by atoms with Gasteiger partial charge in [-0.3, -0.25) is 4.79 Å². The van der Waals surface area contributed by atoms with Gasteiger partial charge < -0.3 is 14.8 Å². The van der Waals surface area contributed by atoms with E-state index >= 15 is 0 Å². The zero-order valence-electron chi connectivity index (χ0n) is 15.3. The van der Waals surface area contributed by atoms with Gasteiger partial charge in [0.1, 0.15) is 0 Å². The van der Waals surface area contributed by atoms with Crippen molar-refractivity contribution in [3.63, 3.8) is 0 Å². The molecule has 7 nitrogen and oxygen atoms in total. The first kappa shape index (κ1) is 18.8.